The molecule has 2 aromatic heterocycles. The first kappa shape index (κ1) is 17.7. The third kappa shape index (κ3) is 4.47. The quantitative estimate of drug-likeness (QED) is 0.665. The van der Waals surface area contributed by atoms with Gasteiger partial charge in [0.05, 0.1) is 0 Å². The van der Waals surface area contributed by atoms with Crippen molar-refractivity contribution in [2.24, 2.45) is 0 Å². The van der Waals surface area contributed by atoms with Gasteiger partial charge in [0.25, 0.3) is 5.91 Å². The number of benzene rings is 1. The number of tetrazole rings is 1. The van der Waals surface area contributed by atoms with Crippen LogP contribution in [-0.2, 0) is 19.6 Å². The Labute approximate surface area is 151 Å². The molecule has 0 spiro atoms. The minimum atomic E-state index is -0.130. The van der Waals surface area contributed by atoms with Gasteiger partial charge in [-0.05, 0) is 60.7 Å². The van der Waals surface area contributed by atoms with Crippen LogP contribution in [0.2, 0.25) is 0 Å². The van der Waals surface area contributed by atoms with Gasteiger partial charge in [0, 0.05) is 25.1 Å². The van der Waals surface area contributed by atoms with Gasteiger partial charge in [-0.1, -0.05) is 0 Å². The van der Waals surface area contributed by atoms with E-state index in [0.29, 0.717) is 36.6 Å². The summed E-state index contributed by atoms with van der Waals surface area (Å²) in [7, 11) is 0. The highest BCUT2D eigenvalue weighted by atomic mass is 16.5. The van der Waals surface area contributed by atoms with E-state index in [1.165, 1.54) is 0 Å². The van der Waals surface area contributed by atoms with Crippen LogP contribution in [0.1, 0.15) is 34.6 Å². The van der Waals surface area contributed by atoms with Crippen LogP contribution in [0, 0.1) is 6.92 Å². The van der Waals surface area contributed by atoms with Gasteiger partial charge in [0.2, 0.25) is 0 Å². The van der Waals surface area contributed by atoms with E-state index in [1.807, 2.05) is 26.0 Å². The summed E-state index contributed by atoms with van der Waals surface area (Å²) in [6.45, 7) is 5.33. The van der Waals surface area contributed by atoms with Gasteiger partial charge >= 0.3 is 0 Å². The molecule has 136 valence electrons. The zero-order chi connectivity index (χ0) is 18.4. The molecule has 0 aliphatic heterocycles. The Bertz CT molecular complexity index is 854. The molecule has 0 radical (unpaired) electrons. The van der Waals surface area contributed by atoms with Gasteiger partial charge in [-0.3, -0.25) is 4.79 Å². The van der Waals surface area contributed by atoms with Gasteiger partial charge in [-0.2, -0.15) is 0 Å². The molecule has 0 fully saturated rings. The summed E-state index contributed by atoms with van der Waals surface area (Å²) in [5, 5.41) is 14.3. The second kappa shape index (κ2) is 8.28. The average molecular weight is 355 g/mol. The molecule has 3 aromatic rings. The lowest BCUT2D eigenvalue weighted by Gasteiger charge is -2.07. The van der Waals surface area contributed by atoms with Crippen molar-refractivity contribution < 1.29 is 13.9 Å². The minimum absolute atomic E-state index is 0.130. The molecule has 0 saturated heterocycles. The van der Waals surface area contributed by atoms with Crippen LogP contribution in [0.3, 0.4) is 0 Å². The van der Waals surface area contributed by atoms with Crippen LogP contribution < -0.4 is 10.1 Å². The van der Waals surface area contributed by atoms with E-state index in [0.717, 1.165) is 11.5 Å². The molecule has 1 aromatic carbocycles. The number of nitrogens with one attached hydrogen (secondary N) is 1. The second-order valence-corrected chi connectivity index (χ2v) is 5.74. The van der Waals surface area contributed by atoms with Crippen molar-refractivity contribution in [3.63, 3.8) is 0 Å². The molecule has 2 heterocycles. The standard InChI is InChI=1S/C18H21N5O3/c1-3-23-17(20-21-22-23)12-25-15-8-5-14(6-9-15)18(24)19-11-10-16-7-4-13(2)26-16/h4-9H,3,10-12H2,1-2H3,(H,19,24). The first-order valence-corrected chi connectivity index (χ1v) is 8.47. The number of ether oxygens (including phenoxy) is 1. The first-order chi connectivity index (χ1) is 12.7. The topological polar surface area (TPSA) is 95.1 Å². The van der Waals surface area contributed by atoms with Crippen molar-refractivity contribution in [2.45, 2.75) is 33.4 Å². The van der Waals surface area contributed by atoms with Crippen LogP contribution in [0.4, 0.5) is 0 Å². The monoisotopic (exact) mass is 355 g/mol. The molecular weight excluding hydrogens is 334 g/mol. The first-order valence-electron chi connectivity index (χ1n) is 8.47. The summed E-state index contributed by atoms with van der Waals surface area (Å²) < 4.78 is 12.8. The zero-order valence-corrected chi connectivity index (χ0v) is 14.8. The van der Waals surface area contributed by atoms with Crippen LogP contribution in [0.5, 0.6) is 5.75 Å². The lowest BCUT2D eigenvalue weighted by molar-refractivity contribution is 0.0953. The number of hydrogen-bond acceptors (Lipinski definition) is 6. The van der Waals surface area contributed by atoms with Crippen LogP contribution in [0.15, 0.2) is 40.8 Å². The van der Waals surface area contributed by atoms with E-state index in [-0.39, 0.29) is 12.5 Å². The SMILES string of the molecule is CCn1nnnc1COc1ccc(C(=O)NCCc2ccc(C)o2)cc1. The number of rotatable bonds is 8. The number of aryl methyl sites for hydroxylation is 2. The fourth-order valence-electron chi connectivity index (χ4n) is 2.44. The molecule has 0 saturated carbocycles. The number of aromatic nitrogens is 4. The molecule has 0 aliphatic rings. The Kier molecular flexibility index (Phi) is 5.62. The molecule has 8 nitrogen and oxygen atoms in total. The smallest absolute Gasteiger partial charge is 0.251 e. The molecule has 3 rings (SSSR count). The zero-order valence-electron chi connectivity index (χ0n) is 14.8. The van der Waals surface area contributed by atoms with E-state index in [4.69, 9.17) is 9.15 Å². The summed E-state index contributed by atoms with van der Waals surface area (Å²) in [4.78, 5) is 12.2. The van der Waals surface area contributed by atoms with Crippen molar-refractivity contribution in [3.8, 4) is 5.75 Å². The van der Waals surface area contributed by atoms with Crippen molar-refractivity contribution >= 4 is 5.91 Å². The molecule has 8 heteroatoms. The summed E-state index contributed by atoms with van der Waals surface area (Å²) in [6, 6.07) is 10.8. The van der Waals surface area contributed by atoms with E-state index < -0.39 is 0 Å². The summed E-state index contributed by atoms with van der Waals surface area (Å²) in [5.74, 6) is 2.91. The Morgan fingerprint density at radius 1 is 1.23 bits per heavy atom. The average Bonchev–Trinajstić information content (AvgIpc) is 3.28. The molecular formula is C18H21N5O3. The molecule has 1 amide bonds. The number of nitrogens with zero attached hydrogens (tertiary/aromatic N) is 4. The van der Waals surface area contributed by atoms with E-state index in [9.17, 15) is 4.79 Å². The fraction of sp³-hybridized carbons (Fsp3) is 0.333. The molecule has 0 unspecified atom stereocenters. The minimum Gasteiger partial charge on any atom is -0.486 e. The summed E-state index contributed by atoms with van der Waals surface area (Å²) in [6.07, 6.45) is 0.660. The number of hydrogen-bond donors (Lipinski definition) is 1. The third-order valence-electron chi connectivity index (χ3n) is 3.84. The Morgan fingerprint density at radius 2 is 2.04 bits per heavy atom. The fourth-order valence-corrected chi connectivity index (χ4v) is 2.44. The van der Waals surface area contributed by atoms with E-state index >= 15 is 0 Å². The van der Waals surface area contributed by atoms with Crippen LogP contribution >= 0.6 is 0 Å². The van der Waals surface area contributed by atoms with Gasteiger partial charge in [-0.15, -0.1) is 5.10 Å². The van der Waals surface area contributed by atoms with Crippen molar-refractivity contribution in [3.05, 3.63) is 59.3 Å². The number of carbonyl (C=O) groups excluding carboxylic acids is 1. The number of carbonyl (C=O) groups is 1. The lowest BCUT2D eigenvalue weighted by Crippen LogP contribution is -2.25. The molecule has 0 bridgehead atoms. The lowest BCUT2D eigenvalue weighted by atomic mass is 10.2. The molecule has 1 N–H and O–H groups in total. The van der Waals surface area contributed by atoms with Gasteiger partial charge < -0.3 is 14.5 Å². The number of amides is 1. The maximum atomic E-state index is 12.2. The van der Waals surface area contributed by atoms with Crippen LogP contribution in [-0.4, -0.2) is 32.7 Å². The van der Waals surface area contributed by atoms with Gasteiger partial charge in [0.15, 0.2) is 5.82 Å². The maximum absolute atomic E-state index is 12.2. The van der Waals surface area contributed by atoms with Crippen LogP contribution in [0.25, 0.3) is 0 Å². The third-order valence-corrected chi connectivity index (χ3v) is 3.84. The van der Waals surface area contributed by atoms with Crippen molar-refractivity contribution in [2.75, 3.05) is 6.54 Å². The predicted octanol–water partition coefficient (Wildman–Crippen LogP) is 2.15. The highest BCUT2D eigenvalue weighted by Gasteiger charge is 2.08. The summed E-state index contributed by atoms with van der Waals surface area (Å²) in [5.41, 5.74) is 0.575. The predicted molar refractivity (Wildman–Crippen MR) is 93.7 cm³/mol. The highest BCUT2D eigenvalue weighted by molar-refractivity contribution is 5.94. The molecule has 0 aliphatic carbocycles. The van der Waals surface area contributed by atoms with Gasteiger partial charge in [0.1, 0.15) is 23.9 Å². The second-order valence-electron chi connectivity index (χ2n) is 5.74. The summed E-state index contributed by atoms with van der Waals surface area (Å²) >= 11 is 0. The Morgan fingerprint density at radius 3 is 2.73 bits per heavy atom. The molecule has 0 atom stereocenters. The highest BCUT2D eigenvalue weighted by Crippen LogP contribution is 2.14. The van der Waals surface area contributed by atoms with E-state index in [1.54, 1.807) is 28.9 Å². The molecule has 26 heavy (non-hydrogen) atoms. The van der Waals surface area contributed by atoms with E-state index in [2.05, 4.69) is 20.8 Å². The Balaban J connectivity index is 1.47. The normalized spacial score (nSPS) is 10.7. The maximum Gasteiger partial charge on any atom is 0.251 e. The number of furan rings is 1. The van der Waals surface area contributed by atoms with Gasteiger partial charge in [-0.25, -0.2) is 4.68 Å². The van der Waals surface area contributed by atoms with Crippen molar-refractivity contribution in [1.29, 1.82) is 0 Å². The Hall–Kier alpha value is -3.16. The van der Waals surface area contributed by atoms with Crippen molar-refractivity contribution in [1.82, 2.24) is 25.5 Å². The largest absolute Gasteiger partial charge is 0.486 e.